The highest BCUT2D eigenvalue weighted by Gasteiger charge is 2.06. The van der Waals surface area contributed by atoms with Gasteiger partial charge < -0.3 is 5.73 Å². The monoisotopic (exact) mass is 243 g/mol. The molecule has 2 aromatic rings. The topological polar surface area (TPSA) is 43.8 Å². The van der Waals surface area contributed by atoms with Gasteiger partial charge in [-0.15, -0.1) is 0 Å². The second kappa shape index (κ2) is 5.36. The van der Waals surface area contributed by atoms with Gasteiger partial charge in [0, 0.05) is 12.2 Å². The predicted molar refractivity (Wildman–Crippen MR) is 74.9 cm³/mol. The third-order valence-corrected chi connectivity index (χ3v) is 3.23. The molecule has 0 aliphatic heterocycles. The van der Waals surface area contributed by atoms with Gasteiger partial charge in [-0.2, -0.15) is 5.10 Å². The van der Waals surface area contributed by atoms with Crippen molar-refractivity contribution in [2.75, 3.05) is 0 Å². The molecule has 96 valence electrons. The molecule has 1 atom stereocenters. The number of hydrogen-bond acceptors (Lipinski definition) is 2. The number of aromatic nitrogens is 2. The van der Waals surface area contributed by atoms with Gasteiger partial charge in [0.2, 0.25) is 0 Å². The van der Waals surface area contributed by atoms with E-state index in [2.05, 4.69) is 56.2 Å². The molecular weight excluding hydrogens is 222 g/mol. The molecule has 0 aliphatic rings. The Morgan fingerprint density at radius 2 is 1.83 bits per heavy atom. The molecule has 2 N–H and O–H groups in total. The van der Waals surface area contributed by atoms with Crippen molar-refractivity contribution in [1.82, 2.24) is 9.78 Å². The van der Waals surface area contributed by atoms with Crippen molar-refractivity contribution >= 4 is 0 Å². The molecule has 0 spiro atoms. The molecule has 1 aromatic carbocycles. The Hall–Kier alpha value is -1.61. The van der Waals surface area contributed by atoms with Crippen LogP contribution in [0.2, 0.25) is 0 Å². The summed E-state index contributed by atoms with van der Waals surface area (Å²) in [5, 5.41) is 4.56. The lowest BCUT2D eigenvalue weighted by molar-refractivity contribution is 0.698. The van der Waals surface area contributed by atoms with Crippen molar-refractivity contribution in [3.8, 4) is 5.69 Å². The zero-order chi connectivity index (χ0) is 13.1. The van der Waals surface area contributed by atoms with E-state index >= 15 is 0 Å². The van der Waals surface area contributed by atoms with E-state index in [1.165, 1.54) is 5.56 Å². The van der Waals surface area contributed by atoms with Crippen molar-refractivity contribution in [2.45, 2.75) is 39.2 Å². The lowest BCUT2D eigenvalue weighted by atomic mass is 10.1. The number of rotatable bonds is 4. The number of benzene rings is 1. The van der Waals surface area contributed by atoms with Crippen molar-refractivity contribution in [1.29, 1.82) is 0 Å². The molecule has 3 heteroatoms. The fourth-order valence-electron chi connectivity index (χ4n) is 1.90. The molecule has 0 saturated carbocycles. The molecule has 3 nitrogen and oxygen atoms in total. The van der Waals surface area contributed by atoms with E-state index in [9.17, 15) is 0 Å². The molecule has 1 unspecified atom stereocenters. The van der Waals surface area contributed by atoms with Crippen LogP contribution in [-0.2, 0) is 0 Å². The SMILES string of the molecule is CCC(N)c1ccc(-n2ccc(C(C)C)n2)cc1. The Morgan fingerprint density at radius 3 is 2.33 bits per heavy atom. The minimum absolute atomic E-state index is 0.128. The molecule has 0 amide bonds. The minimum atomic E-state index is 0.128. The van der Waals surface area contributed by atoms with Crippen LogP contribution in [0.3, 0.4) is 0 Å². The highest BCUT2D eigenvalue weighted by atomic mass is 15.3. The molecule has 1 aromatic heterocycles. The van der Waals surface area contributed by atoms with Gasteiger partial charge in [0.25, 0.3) is 0 Å². The van der Waals surface area contributed by atoms with E-state index in [0.29, 0.717) is 5.92 Å². The summed E-state index contributed by atoms with van der Waals surface area (Å²) in [5.74, 6) is 0.457. The van der Waals surface area contributed by atoms with Gasteiger partial charge in [0.1, 0.15) is 0 Å². The van der Waals surface area contributed by atoms with Crippen LogP contribution in [0.4, 0.5) is 0 Å². The molecule has 18 heavy (non-hydrogen) atoms. The van der Waals surface area contributed by atoms with Crippen LogP contribution in [0.15, 0.2) is 36.5 Å². The maximum atomic E-state index is 6.00. The van der Waals surface area contributed by atoms with Gasteiger partial charge in [0.15, 0.2) is 0 Å². The first-order chi connectivity index (χ1) is 8.61. The molecular formula is C15H21N3. The fourth-order valence-corrected chi connectivity index (χ4v) is 1.90. The first-order valence-corrected chi connectivity index (χ1v) is 6.53. The lowest BCUT2D eigenvalue weighted by Gasteiger charge is -2.10. The zero-order valence-corrected chi connectivity index (χ0v) is 11.3. The molecule has 0 bridgehead atoms. The molecule has 2 rings (SSSR count). The Morgan fingerprint density at radius 1 is 1.17 bits per heavy atom. The number of nitrogens with two attached hydrogens (primary N) is 1. The third-order valence-electron chi connectivity index (χ3n) is 3.23. The predicted octanol–water partition coefficient (Wildman–Crippen LogP) is 3.41. The van der Waals surface area contributed by atoms with E-state index in [-0.39, 0.29) is 6.04 Å². The van der Waals surface area contributed by atoms with Gasteiger partial charge in [-0.25, -0.2) is 4.68 Å². The first kappa shape index (κ1) is 12.8. The van der Waals surface area contributed by atoms with Gasteiger partial charge in [-0.1, -0.05) is 32.9 Å². The minimum Gasteiger partial charge on any atom is -0.324 e. The van der Waals surface area contributed by atoms with Crippen LogP contribution in [0.1, 0.15) is 50.4 Å². The van der Waals surface area contributed by atoms with Gasteiger partial charge in [0.05, 0.1) is 11.4 Å². The standard InChI is InChI=1S/C15H21N3/c1-4-14(16)12-5-7-13(8-6-12)18-10-9-15(17-18)11(2)3/h5-11,14H,4,16H2,1-3H3. The average molecular weight is 243 g/mol. The third kappa shape index (κ3) is 2.62. The summed E-state index contributed by atoms with van der Waals surface area (Å²) in [6, 6.07) is 10.5. The summed E-state index contributed by atoms with van der Waals surface area (Å²) in [4.78, 5) is 0. The Balaban J connectivity index is 2.23. The van der Waals surface area contributed by atoms with Crippen LogP contribution < -0.4 is 5.73 Å². The van der Waals surface area contributed by atoms with Gasteiger partial charge >= 0.3 is 0 Å². The molecule has 0 radical (unpaired) electrons. The van der Waals surface area contributed by atoms with Crippen LogP contribution >= 0.6 is 0 Å². The van der Waals surface area contributed by atoms with Crippen LogP contribution in [0, 0.1) is 0 Å². The van der Waals surface area contributed by atoms with Gasteiger partial charge in [-0.3, -0.25) is 0 Å². The Labute approximate surface area is 109 Å². The summed E-state index contributed by atoms with van der Waals surface area (Å²) in [5.41, 5.74) is 9.38. The summed E-state index contributed by atoms with van der Waals surface area (Å²) in [6.45, 7) is 6.40. The van der Waals surface area contributed by atoms with E-state index < -0.39 is 0 Å². The van der Waals surface area contributed by atoms with E-state index in [1.54, 1.807) is 0 Å². The van der Waals surface area contributed by atoms with Crippen LogP contribution in [0.25, 0.3) is 5.69 Å². The average Bonchev–Trinajstić information content (AvgIpc) is 2.88. The van der Waals surface area contributed by atoms with Gasteiger partial charge in [-0.05, 0) is 36.1 Å². The van der Waals surface area contributed by atoms with Crippen molar-refractivity contribution in [3.63, 3.8) is 0 Å². The molecule has 1 heterocycles. The maximum absolute atomic E-state index is 6.00. The van der Waals surface area contributed by atoms with Crippen LogP contribution in [-0.4, -0.2) is 9.78 Å². The number of hydrogen-bond donors (Lipinski definition) is 1. The number of nitrogens with zero attached hydrogens (tertiary/aromatic N) is 2. The molecule has 0 fully saturated rings. The molecule has 0 aliphatic carbocycles. The highest BCUT2D eigenvalue weighted by molar-refractivity contribution is 5.35. The smallest absolute Gasteiger partial charge is 0.0654 e. The van der Waals surface area contributed by atoms with E-state index in [4.69, 9.17) is 5.73 Å². The van der Waals surface area contributed by atoms with Crippen molar-refractivity contribution in [3.05, 3.63) is 47.8 Å². The summed E-state index contributed by atoms with van der Waals surface area (Å²) >= 11 is 0. The molecule has 0 saturated heterocycles. The Kier molecular flexibility index (Phi) is 3.82. The Bertz CT molecular complexity index is 497. The second-order valence-electron chi connectivity index (χ2n) is 4.95. The maximum Gasteiger partial charge on any atom is 0.0654 e. The van der Waals surface area contributed by atoms with E-state index in [0.717, 1.165) is 17.8 Å². The van der Waals surface area contributed by atoms with Crippen molar-refractivity contribution < 1.29 is 0 Å². The highest BCUT2D eigenvalue weighted by Crippen LogP contribution is 2.17. The first-order valence-electron chi connectivity index (χ1n) is 6.53. The summed E-state index contributed by atoms with van der Waals surface area (Å²) in [6.07, 6.45) is 2.96. The van der Waals surface area contributed by atoms with Crippen molar-refractivity contribution in [2.24, 2.45) is 5.73 Å². The van der Waals surface area contributed by atoms with E-state index in [1.807, 2.05) is 10.9 Å². The fraction of sp³-hybridized carbons (Fsp3) is 0.400. The lowest BCUT2D eigenvalue weighted by Crippen LogP contribution is -2.08. The summed E-state index contributed by atoms with van der Waals surface area (Å²) < 4.78 is 1.91. The normalized spacial score (nSPS) is 12.9. The summed E-state index contributed by atoms with van der Waals surface area (Å²) in [7, 11) is 0. The van der Waals surface area contributed by atoms with Crippen LogP contribution in [0.5, 0.6) is 0 Å². The quantitative estimate of drug-likeness (QED) is 0.894. The largest absolute Gasteiger partial charge is 0.324 e. The zero-order valence-electron chi connectivity index (χ0n) is 11.3. The second-order valence-corrected chi connectivity index (χ2v) is 4.95.